The predicted octanol–water partition coefficient (Wildman–Crippen LogP) is 4.11. The van der Waals surface area contributed by atoms with E-state index in [-0.39, 0.29) is 23.0 Å². The van der Waals surface area contributed by atoms with Gasteiger partial charge in [0.05, 0.1) is 0 Å². The molecule has 3 bridgehead atoms. The number of hydrogen-bond acceptors (Lipinski definition) is 4. The Morgan fingerprint density at radius 3 is 2.50 bits per heavy atom. The van der Waals surface area contributed by atoms with Crippen molar-refractivity contribution in [3.05, 3.63) is 34.9 Å². The zero-order valence-corrected chi connectivity index (χ0v) is 16.2. The first-order valence-electron chi connectivity index (χ1n) is 9.47. The van der Waals surface area contributed by atoms with Gasteiger partial charge in [-0.1, -0.05) is 31.6 Å². The zero-order valence-electron chi connectivity index (χ0n) is 16.2. The maximum absolute atomic E-state index is 13.2. The molecule has 3 atom stereocenters. The van der Waals surface area contributed by atoms with Gasteiger partial charge in [-0.2, -0.15) is 0 Å². The quantitative estimate of drug-likeness (QED) is 0.403. The number of ether oxygens (including phenoxy) is 1. The van der Waals surface area contributed by atoms with Gasteiger partial charge in [-0.3, -0.25) is 14.4 Å². The summed E-state index contributed by atoms with van der Waals surface area (Å²) in [6, 6.07) is 0. The van der Waals surface area contributed by atoms with Gasteiger partial charge in [0, 0.05) is 24.5 Å². The lowest BCUT2D eigenvalue weighted by atomic mass is 9.64. The van der Waals surface area contributed by atoms with Gasteiger partial charge in [0.15, 0.2) is 11.6 Å². The highest BCUT2D eigenvalue weighted by atomic mass is 16.5. The Kier molecular flexibility index (Phi) is 4.80. The van der Waals surface area contributed by atoms with Crippen LogP contribution in [-0.4, -0.2) is 23.6 Å². The molecule has 3 aliphatic rings. The first-order valence-corrected chi connectivity index (χ1v) is 9.47. The van der Waals surface area contributed by atoms with E-state index in [9.17, 15) is 14.4 Å². The van der Waals surface area contributed by atoms with E-state index in [1.807, 2.05) is 0 Å². The maximum atomic E-state index is 13.2. The molecule has 0 aliphatic heterocycles. The molecule has 0 unspecified atom stereocenters. The topological polar surface area (TPSA) is 60.4 Å². The van der Waals surface area contributed by atoms with Crippen LogP contribution in [0, 0.1) is 17.3 Å². The summed E-state index contributed by atoms with van der Waals surface area (Å²) >= 11 is 0. The van der Waals surface area contributed by atoms with E-state index in [0.717, 1.165) is 36.0 Å². The number of esters is 1. The predicted molar refractivity (Wildman–Crippen MR) is 99.3 cm³/mol. The molecule has 0 heterocycles. The molecule has 0 amide bonds. The summed E-state index contributed by atoms with van der Waals surface area (Å²) in [5, 5.41) is 0. The lowest BCUT2D eigenvalue weighted by Crippen LogP contribution is -2.33. The van der Waals surface area contributed by atoms with E-state index < -0.39 is 12.0 Å². The van der Waals surface area contributed by atoms with Crippen molar-refractivity contribution in [3.8, 4) is 0 Å². The molecule has 0 aromatic carbocycles. The summed E-state index contributed by atoms with van der Waals surface area (Å²) in [7, 11) is 0. The fourth-order valence-corrected chi connectivity index (χ4v) is 4.97. The Hall–Kier alpha value is -1.97. The second-order valence-corrected chi connectivity index (χ2v) is 8.52. The highest BCUT2D eigenvalue weighted by Gasteiger charge is 2.51. The van der Waals surface area contributed by atoms with Crippen molar-refractivity contribution in [1.29, 1.82) is 0 Å². The van der Waals surface area contributed by atoms with E-state index in [1.165, 1.54) is 6.92 Å². The lowest BCUT2D eigenvalue weighted by Gasteiger charge is -2.40. The van der Waals surface area contributed by atoms with Gasteiger partial charge in [-0.05, 0) is 50.0 Å². The second kappa shape index (κ2) is 6.64. The standard InChI is InChI=1S/C22H28O4/c1-12-6-7-15-8-9-17-19(22(15,4)5)21(25)18(20(17)24)13(2)11-16(10-12)26-14(3)23/h11,15-16,18H,1,6-10H2,2-5H3/b13-11-/t15-,16+,18+/m1/s1. The third-order valence-electron chi connectivity index (χ3n) is 6.34. The van der Waals surface area contributed by atoms with Gasteiger partial charge in [0.2, 0.25) is 0 Å². The fraction of sp³-hybridized carbons (Fsp3) is 0.591. The van der Waals surface area contributed by atoms with Gasteiger partial charge in [0.25, 0.3) is 0 Å². The molecule has 0 saturated heterocycles. The minimum absolute atomic E-state index is 0.0468. The Balaban J connectivity index is 2.07. The summed E-state index contributed by atoms with van der Waals surface area (Å²) in [5.74, 6) is -0.863. The molecule has 3 rings (SSSR count). The molecule has 26 heavy (non-hydrogen) atoms. The van der Waals surface area contributed by atoms with Crippen LogP contribution in [0.15, 0.2) is 34.9 Å². The van der Waals surface area contributed by atoms with Crippen LogP contribution in [0.5, 0.6) is 0 Å². The van der Waals surface area contributed by atoms with Gasteiger partial charge >= 0.3 is 5.97 Å². The van der Waals surface area contributed by atoms with Crippen molar-refractivity contribution >= 4 is 17.5 Å². The van der Waals surface area contributed by atoms with Crippen molar-refractivity contribution < 1.29 is 19.1 Å². The number of carbonyl (C=O) groups excluding carboxylic acids is 3. The number of Topliss-reactive ketones (excluding diaryl/α,β-unsaturated/α-hetero) is 2. The van der Waals surface area contributed by atoms with Crippen LogP contribution >= 0.6 is 0 Å². The molecule has 0 N–H and O–H groups in total. The van der Waals surface area contributed by atoms with Crippen molar-refractivity contribution in [2.75, 3.05) is 0 Å². The van der Waals surface area contributed by atoms with Crippen molar-refractivity contribution in [3.63, 3.8) is 0 Å². The normalized spacial score (nSPS) is 33.5. The van der Waals surface area contributed by atoms with Crippen LogP contribution in [0.4, 0.5) is 0 Å². The molecule has 0 aromatic heterocycles. The molecule has 0 radical (unpaired) electrons. The number of fused-ring (bicyclic) bond motifs is 2. The third kappa shape index (κ3) is 3.10. The van der Waals surface area contributed by atoms with Crippen LogP contribution in [0.25, 0.3) is 0 Å². The van der Waals surface area contributed by atoms with Gasteiger partial charge < -0.3 is 4.74 Å². The zero-order chi connectivity index (χ0) is 19.2. The molecule has 4 heteroatoms. The van der Waals surface area contributed by atoms with Crippen molar-refractivity contribution in [2.45, 2.75) is 65.9 Å². The third-order valence-corrected chi connectivity index (χ3v) is 6.34. The highest BCUT2D eigenvalue weighted by Crippen LogP contribution is 2.52. The molecule has 4 nitrogen and oxygen atoms in total. The van der Waals surface area contributed by atoms with Crippen LogP contribution < -0.4 is 0 Å². The Labute approximate surface area is 155 Å². The van der Waals surface area contributed by atoms with Crippen molar-refractivity contribution in [2.24, 2.45) is 17.3 Å². The smallest absolute Gasteiger partial charge is 0.303 e. The van der Waals surface area contributed by atoms with Crippen LogP contribution in [0.3, 0.4) is 0 Å². The van der Waals surface area contributed by atoms with Crippen LogP contribution in [0.1, 0.15) is 59.8 Å². The average Bonchev–Trinajstić information content (AvgIpc) is 2.77. The van der Waals surface area contributed by atoms with Gasteiger partial charge in [0.1, 0.15) is 12.0 Å². The first-order chi connectivity index (χ1) is 12.1. The summed E-state index contributed by atoms with van der Waals surface area (Å²) in [5.41, 5.74) is 2.91. The summed E-state index contributed by atoms with van der Waals surface area (Å²) in [4.78, 5) is 37.7. The number of rotatable bonds is 1. The summed E-state index contributed by atoms with van der Waals surface area (Å²) in [6.45, 7) is 11.6. The Bertz CT molecular complexity index is 750. The number of ketones is 2. The number of hydrogen-bond donors (Lipinski definition) is 0. The van der Waals surface area contributed by atoms with Crippen LogP contribution in [0.2, 0.25) is 0 Å². The highest BCUT2D eigenvalue weighted by molar-refractivity contribution is 6.26. The van der Waals surface area contributed by atoms with E-state index in [4.69, 9.17) is 4.74 Å². The monoisotopic (exact) mass is 356 g/mol. The molecule has 0 spiro atoms. The average molecular weight is 356 g/mol. The maximum Gasteiger partial charge on any atom is 0.303 e. The molecule has 0 aromatic rings. The van der Waals surface area contributed by atoms with Crippen molar-refractivity contribution in [1.82, 2.24) is 0 Å². The molecule has 0 fully saturated rings. The molecule has 0 saturated carbocycles. The lowest BCUT2D eigenvalue weighted by molar-refractivity contribution is -0.144. The Morgan fingerprint density at radius 1 is 1.19 bits per heavy atom. The van der Waals surface area contributed by atoms with E-state index in [1.54, 1.807) is 13.0 Å². The summed E-state index contributed by atoms with van der Waals surface area (Å²) in [6.07, 6.45) is 5.24. The van der Waals surface area contributed by atoms with E-state index in [2.05, 4.69) is 20.4 Å². The SMILES string of the molecule is C=C1CC[C@@H]2CCC3=C(C(=O)[C@H](C3=O)/C(C)=C\[C@@H](OC(C)=O)C1)C2(C)C. The van der Waals surface area contributed by atoms with Gasteiger partial charge in [-0.15, -0.1) is 0 Å². The van der Waals surface area contributed by atoms with Crippen LogP contribution in [-0.2, 0) is 19.1 Å². The van der Waals surface area contributed by atoms with E-state index in [0.29, 0.717) is 24.3 Å². The first kappa shape index (κ1) is 18.8. The largest absolute Gasteiger partial charge is 0.458 e. The number of allylic oxidation sites excluding steroid dienone is 3. The molecular weight excluding hydrogens is 328 g/mol. The fourth-order valence-electron chi connectivity index (χ4n) is 4.97. The van der Waals surface area contributed by atoms with Gasteiger partial charge in [-0.25, -0.2) is 0 Å². The molecule has 3 aliphatic carbocycles. The minimum atomic E-state index is -0.747. The van der Waals surface area contributed by atoms with E-state index >= 15 is 0 Å². The Morgan fingerprint density at radius 2 is 1.85 bits per heavy atom. The summed E-state index contributed by atoms with van der Waals surface area (Å²) < 4.78 is 5.41. The number of carbonyl (C=O) groups is 3. The second-order valence-electron chi connectivity index (χ2n) is 8.52. The minimum Gasteiger partial charge on any atom is -0.458 e. The molecule has 140 valence electrons. The molecular formula is C22H28O4.